The Bertz CT molecular complexity index is 428. The van der Waals surface area contributed by atoms with Gasteiger partial charge in [0, 0.05) is 43.5 Å². The van der Waals surface area contributed by atoms with Gasteiger partial charge in [-0.2, -0.15) is 0 Å². The number of hydrogen-bond donors (Lipinski definition) is 1. The molecule has 4 heteroatoms. The molecule has 2 N–H and O–H groups in total. The number of hydrogen-bond acceptors (Lipinski definition) is 3. The number of anilines is 1. The zero-order valence-corrected chi connectivity index (χ0v) is 12.6. The second-order valence-corrected chi connectivity index (χ2v) is 5.56. The van der Waals surface area contributed by atoms with Crippen molar-refractivity contribution in [1.82, 2.24) is 4.90 Å². The quantitative estimate of drug-likeness (QED) is 0.897. The molecular weight excluding hydrogens is 253 g/mol. The van der Waals surface area contributed by atoms with Crippen LogP contribution in [-0.2, 0) is 6.42 Å². The lowest BCUT2D eigenvalue weighted by Crippen LogP contribution is -2.49. The summed E-state index contributed by atoms with van der Waals surface area (Å²) in [6.45, 7) is 9.01. The van der Waals surface area contributed by atoms with Crippen LogP contribution in [0.4, 0.5) is 10.1 Å². The maximum absolute atomic E-state index is 14.0. The molecule has 0 bridgehead atoms. The van der Waals surface area contributed by atoms with Gasteiger partial charge in [-0.3, -0.25) is 4.90 Å². The molecule has 1 atom stereocenters. The Hall–Kier alpha value is -1.13. The smallest absolute Gasteiger partial charge is 0.128 e. The van der Waals surface area contributed by atoms with Crippen molar-refractivity contribution in [3.63, 3.8) is 0 Å². The Labute approximate surface area is 121 Å². The van der Waals surface area contributed by atoms with E-state index in [0.29, 0.717) is 19.0 Å². The van der Waals surface area contributed by atoms with Crippen LogP contribution in [-0.4, -0.2) is 43.7 Å². The van der Waals surface area contributed by atoms with Crippen LogP contribution in [0.5, 0.6) is 0 Å². The standard InChI is InChI=1S/C16H26FN3/c1-3-13(2)19-9-11-20(12-10-19)16-6-4-5-15(17)14(16)7-8-18/h4-6,13H,3,7-12,18H2,1-2H3. The number of nitrogens with zero attached hydrogens (tertiary/aromatic N) is 2. The Balaban J connectivity index is 2.09. The second kappa shape index (κ2) is 7.04. The highest BCUT2D eigenvalue weighted by atomic mass is 19.1. The lowest BCUT2D eigenvalue weighted by Gasteiger charge is -2.39. The van der Waals surface area contributed by atoms with Crippen LogP contribution in [0.25, 0.3) is 0 Å². The predicted octanol–water partition coefficient (Wildman–Crippen LogP) is 2.25. The van der Waals surface area contributed by atoms with Gasteiger partial charge in [-0.1, -0.05) is 13.0 Å². The number of rotatable bonds is 5. The molecule has 1 aromatic rings. The van der Waals surface area contributed by atoms with Crippen LogP contribution in [0.15, 0.2) is 18.2 Å². The van der Waals surface area contributed by atoms with Gasteiger partial charge in [-0.25, -0.2) is 4.39 Å². The van der Waals surface area contributed by atoms with E-state index in [0.717, 1.165) is 37.4 Å². The first kappa shape index (κ1) is 15.3. The van der Waals surface area contributed by atoms with E-state index in [1.807, 2.05) is 6.07 Å². The summed E-state index contributed by atoms with van der Waals surface area (Å²) in [5, 5.41) is 0. The molecule has 1 aliphatic heterocycles. The average Bonchev–Trinajstić information content (AvgIpc) is 2.49. The predicted molar refractivity (Wildman–Crippen MR) is 82.7 cm³/mol. The highest BCUT2D eigenvalue weighted by molar-refractivity contribution is 5.54. The van der Waals surface area contributed by atoms with Gasteiger partial charge >= 0.3 is 0 Å². The summed E-state index contributed by atoms with van der Waals surface area (Å²) >= 11 is 0. The number of piperazine rings is 1. The van der Waals surface area contributed by atoms with Gasteiger partial charge in [-0.05, 0) is 38.4 Å². The topological polar surface area (TPSA) is 32.5 Å². The average molecular weight is 279 g/mol. The van der Waals surface area contributed by atoms with Crippen LogP contribution in [0.1, 0.15) is 25.8 Å². The molecule has 3 nitrogen and oxygen atoms in total. The van der Waals surface area contributed by atoms with Gasteiger partial charge in [0.25, 0.3) is 0 Å². The largest absolute Gasteiger partial charge is 0.369 e. The highest BCUT2D eigenvalue weighted by Gasteiger charge is 2.22. The minimum atomic E-state index is -0.127. The van der Waals surface area contributed by atoms with Gasteiger partial charge in [0.15, 0.2) is 0 Å². The highest BCUT2D eigenvalue weighted by Crippen LogP contribution is 2.25. The minimum absolute atomic E-state index is 0.127. The molecular formula is C16H26FN3. The SMILES string of the molecule is CCC(C)N1CCN(c2cccc(F)c2CCN)CC1. The van der Waals surface area contributed by atoms with Crippen LogP contribution >= 0.6 is 0 Å². The summed E-state index contributed by atoms with van der Waals surface area (Å²) < 4.78 is 14.0. The molecule has 0 aliphatic carbocycles. The zero-order valence-electron chi connectivity index (χ0n) is 12.6. The first-order valence-electron chi connectivity index (χ1n) is 7.63. The van der Waals surface area contributed by atoms with Crippen molar-refractivity contribution in [1.29, 1.82) is 0 Å². The summed E-state index contributed by atoms with van der Waals surface area (Å²) in [4.78, 5) is 4.81. The first-order chi connectivity index (χ1) is 9.67. The molecule has 0 spiro atoms. The van der Waals surface area contributed by atoms with Crippen LogP contribution in [0, 0.1) is 5.82 Å². The number of nitrogens with two attached hydrogens (primary N) is 1. The molecule has 1 unspecified atom stereocenters. The maximum atomic E-state index is 14.0. The monoisotopic (exact) mass is 279 g/mol. The number of halogens is 1. The fourth-order valence-corrected chi connectivity index (χ4v) is 2.90. The van der Waals surface area contributed by atoms with Crippen LogP contribution < -0.4 is 10.6 Å². The third-order valence-electron chi connectivity index (χ3n) is 4.36. The Morgan fingerprint density at radius 2 is 1.95 bits per heavy atom. The third kappa shape index (κ3) is 3.30. The minimum Gasteiger partial charge on any atom is -0.369 e. The molecule has 112 valence electrons. The summed E-state index contributed by atoms with van der Waals surface area (Å²) in [7, 11) is 0. The van der Waals surface area contributed by atoms with E-state index in [4.69, 9.17) is 5.73 Å². The van der Waals surface area contributed by atoms with Crippen molar-refractivity contribution in [2.24, 2.45) is 5.73 Å². The van der Waals surface area contributed by atoms with Gasteiger partial charge < -0.3 is 10.6 Å². The van der Waals surface area contributed by atoms with Crippen molar-refractivity contribution in [3.05, 3.63) is 29.6 Å². The molecule has 1 fully saturated rings. The Kier molecular flexibility index (Phi) is 5.38. The first-order valence-corrected chi connectivity index (χ1v) is 7.63. The molecule has 1 aliphatic rings. The fraction of sp³-hybridized carbons (Fsp3) is 0.625. The summed E-state index contributed by atoms with van der Waals surface area (Å²) in [5.74, 6) is -0.127. The van der Waals surface area contributed by atoms with E-state index >= 15 is 0 Å². The van der Waals surface area contributed by atoms with Gasteiger partial charge in [0.1, 0.15) is 5.82 Å². The lowest BCUT2D eigenvalue weighted by atomic mass is 10.1. The van der Waals surface area contributed by atoms with Crippen LogP contribution in [0.3, 0.4) is 0 Å². The molecule has 2 rings (SSSR count). The van der Waals surface area contributed by atoms with E-state index in [1.54, 1.807) is 6.07 Å². The molecule has 0 saturated carbocycles. The molecule has 1 saturated heterocycles. The van der Waals surface area contributed by atoms with Crippen LogP contribution in [0.2, 0.25) is 0 Å². The van der Waals surface area contributed by atoms with Crippen molar-refractivity contribution < 1.29 is 4.39 Å². The molecule has 1 heterocycles. The van der Waals surface area contributed by atoms with Crippen molar-refractivity contribution >= 4 is 5.69 Å². The molecule has 1 aromatic carbocycles. The van der Waals surface area contributed by atoms with E-state index in [-0.39, 0.29) is 5.82 Å². The lowest BCUT2D eigenvalue weighted by molar-refractivity contribution is 0.192. The van der Waals surface area contributed by atoms with Crippen molar-refractivity contribution in [2.45, 2.75) is 32.7 Å². The fourth-order valence-electron chi connectivity index (χ4n) is 2.90. The number of benzene rings is 1. The summed E-state index contributed by atoms with van der Waals surface area (Å²) in [5.41, 5.74) is 7.41. The Morgan fingerprint density at radius 3 is 2.55 bits per heavy atom. The second-order valence-electron chi connectivity index (χ2n) is 5.56. The molecule has 0 radical (unpaired) electrons. The summed E-state index contributed by atoms with van der Waals surface area (Å²) in [6.07, 6.45) is 1.78. The molecule has 0 amide bonds. The van der Waals surface area contributed by atoms with Gasteiger partial charge in [0.05, 0.1) is 0 Å². The van der Waals surface area contributed by atoms with E-state index in [1.165, 1.54) is 12.5 Å². The summed E-state index contributed by atoms with van der Waals surface area (Å²) in [6, 6.07) is 5.98. The van der Waals surface area contributed by atoms with Crippen molar-refractivity contribution in [2.75, 3.05) is 37.6 Å². The van der Waals surface area contributed by atoms with Crippen molar-refractivity contribution in [3.8, 4) is 0 Å². The normalized spacial score (nSPS) is 18.3. The Morgan fingerprint density at radius 1 is 1.25 bits per heavy atom. The molecule has 0 aromatic heterocycles. The maximum Gasteiger partial charge on any atom is 0.128 e. The van der Waals surface area contributed by atoms with E-state index in [9.17, 15) is 4.39 Å². The van der Waals surface area contributed by atoms with Gasteiger partial charge in [0.2, 0.25) is 0 Å². The van der Waals surface area contributed by atoms with E-state index in [2.05, 4.69) is 23.6 Å². The molecule has 20 heavy (non-hydrogen) atoms. The third-order valence-corrected chi connectivity index (χ3v) is 4.36. The zero-order chi connectivity index (χ0) is 14.5. The van der Waals surface area contributed by atoms with Gasteiger partial charge in [-0.15, -0.1) is 0 Å². The van der Waals surface area contributed by atoms with E-state index < -0.39 is 0 Å².